The van der Waals surface area contributed by atoms with Crippen LogP contribution < -0.4 is 25.0 Å². The topological polar surface area (TPSA) is 192 Å². The highest BCUT2D eigenvalue weighted by atomic mass is 19.4. The van der Waals surface area contributed by atoms with E-state index in [1.807, 2.05) is 0 Å². The number of hydrogen-bond acceptors (Lipinski definition) is 13. The molecule has 0 spiro atoms. The number of benzene rings is 2. The Morgan fingerprint density at radius 2 is 1.67 bits per heavy atom. The summed E-state index contributed by atoms with van der Waals surface area (Å²) in [6.45, 7) is 5.97. The number of carbonyl (C=O) groups excluding carboxylic acids is 2. The van der Waals surface area contributed by atoms with E-state index in [9.17, 15) is 42.9 Å². The second-order valence-corrected chi connectivity index (χ2v) is 12.3. The molecule has 5 rings (SSSR count). The van der Waals surface area contributed by atoms with E-state index in [4.69, 9.17) is 32.8 Å². The minimum absolute atomic E-state index is 0.111. The Kier molecular flexibility index (Phi) is 10.0. The minimum Gasteiger partial charge on any atom is -0.486 e. The zero-order valence-electron chi connectivity index (χ0n) is 26.6. The van der Waals surface area contributed by atoms with Gasteiger partial charge in [-0.1, -0.05) is 6.07 Å². The number of amides is 1. The third-order valence-corrected chi connectivity index (χ3v) is 7.35. The summed E-state index contributed by atoms with van der Waals surface area (Å²) in [7, 11) is 0. The predicted octanol–water partition coefficient (Wildman–Crippen LogP) is 2.89. The van der Waals surface area contributed by atoms with Crippen LogP contribution in [0.2, 0.25) is 0 Å². The fraction of sp³-hybridized carbons (Fsp3) is 0.469. The van der Waals surface area contributed by atoms with Gasteiger partial charge < -0.3 is 53.5 Å². The molecule has 1 fully saturated rings. The molecular formula is C32H34F3NO13. The number of hydrogen-bond donors (Lipinski definition) is 4. The van der Waals surface area contributed by atoms with Crippen molar-refractivity contribution in [2.45, 2.75) is 76.2 Å². The normalized spacial score (nSPS) is 23.0. The molecule has 17 heteroatoms. The first-order valence-corrected chi connectivity index (χ1v) is 15.0. The fourth-order valence-corrected chi connectivity index (χ4v) is 5.03. The third-order valence-electron chi connectivity index (χ3n) is 7.35. The predicted molar refractivity (Wildman–Crippen MR) is 161 cm³/mol. The summed E-state index contributed by atoms with van der Waals surface area (Å²) in [5.41, 5.74) is -3.20. The van der Waals surface area contributed by atoms with E-state index in [1.165, 1.54) is 31.2 Å². The van der Waals surface area contributed by atoms with Crippen molar-refractivity contribution >= 4 is 23.0 Å². The molecule has 1 saturated heterocycles. The molecule has 0 saturated carbocycles. The Labute approximate surface area is 276 Å². The van der Waals surface area contributed by atoms with Crippen molar-refractivity contribution in [2.24, 2.45) is 0 Å². The number of alkyl halides is 3. The van der Waals surface area contributed by atoms with Gasteiger partial charge in [0.1, 0.15) is 67.2 Å². The summed E-state index contributed by atoms with van der Waals surface area (Å²) in [6, 6.07) is 6.07. The SMILES string of the molecule is C[C@@H](NC(=O)OC(C)(C)C)C(=O)OCC1O[C@@H](Oc2ccc3c(=O)c(-c4ccc5c(c4)OCCO5)c(C(F)(F)F)oc3c2)C(O)C(O)[C@H]1O. The van der Waals surface area contributed by atoms with E-state index in [0.717, 1.165) is 12.1 Å². The lowest BCUT2D eigenvalue weighted by molar-refractivity contribution is -0.278. The number of nitrogens with one attached hydrogen (secondary N) is 1. The number of ether oxygens (including phenoxy) is 6. The monoisotopic (exact) mass is 697 g/mol. The first-order chi connectivity index (χ1) is 22.9. The van der Waals surface area contributed by atoms with Crippen molar-refractivity contribution in [3.63, 3.8) is 0 Å². The molecular weight excluding hydrogens is 663 g/mol. The highest BCUT2D eigenvalue weighted by Crippen LogP contribution is 2.41. The Morgan fingerprint density at radius 3 is 2.35 bits per heavy atom. The number of rotatable bonds is 7. The number of aliphatic hydroxyl groups is 3. The molecule has 3 heterocycles. The first-order valence-electron chi connectivity index (χ1n) is 15.0. The molecule has 2 aromatic carbocycles. The molecule has 14 nitrogen and oxygen atoms in total. The molecule has 1 aromatic heterocycles. The molecule has 0 aliphatic carbocycles. The largest absolute Gasteiger partial charge is 0.486 e. The zero-order valence-corrected chi connectivity index (χ0v) is 26.6. The maximum atomic E-state index is 14.2. The summed E-state index contributed by atoms with van der Waals surface area (Å²) in [4.78, 5) is 37.9. The quantitative estimate of drug-likeness (QED) is 0.264. The second-order valence-electron chi connectivity index (χ2n) is 12.3. The number of halogens is 3. The van der Waals surface area contributed by atoms with Crippen molar-refractivity contribution < 1.29 is 70.9 Å². The van der Waals surface area contributed by atoms with Gasteiger partial charge in [-0.3, -0.25) is 4.79 Å². The van der Waals surface area contributed by atoms with Gasteiger partial charge in [0, 0.05) is 6.07 Å². The molecule has 1 amide bonds. The van der Waals surface area contributed by atoms with Crippen molar-refractivity contribution in [3.8, 4) is 28.4 Å². The number of aliphatic hydroxyl groups excluding tert-OH is 3. The molecule has 3 unspecified atom stereocenters. The number of carbonyl (C=O) groups is 2. The van der Waals surface area contributed by atoms with Crippen molar-refractivity contribution in [1.29, 1.82) is 0 Å². The molecule has 2 aliphatic heterocycles. The highest BCUT2D eigenvalue weighted by molar-refractivity contribution is 5.84. The summed E-state index contributed by atoms with van der Waals surface area (Å²) in [6.07, 6.45) is -14.7. The Bertz CT molecular complexity index is 1770. The lowest BCUT2D eigenvalue weighted by atomic mass is 9.99. The van der Waals surface area contributed by atoms with Gasteiger partial charge in [-0.05, 0) is 57.5 Å². The van der Waals surface area contributed by atoms with Gasteiger partial charge in [-0.25, -0.2) is 9.59 Å². The van der Waals surface area contributed by atoms with Crippen LogP contribution in [0.3, 0.4) is 0 Å². The average molecular weight is 698 g/mol. The lowest BCUT2D eigenvalue weighted by Gasteiger charge is -2.40. The Hall–Kier alpha value is -4.58. The van der Waals surface area contributed by atoms with Crippen LogP contribution in [0.25, 0.3) is 22.1 Å². The van der Waals surface area contributed by atoms with E-state index in [0.29, 0.717) is 5.75 Å². The summed E-state index contributed by atoms with van der Waals surface area (Å²) in [5, 5.41) is 33.5. The summed E-state index contributed by atoms with van der Waals surface area (Å²) >= 11 is 0. The van der Waals surface area contributed by atoms with Crippen molar-refractivity contribution in [3.05, 3.63) is 52.4 Å². The van der Waals surface area contributed by atoms with E-state index in [-0.39, 0.29) is 35.7 Å². The fourth-order valence-electron chi connectivity index (χ4n) is 5.03. The van der Waals surface area contributed by atoms with Gasteiger partial charge in [0.05, 0.1) is 10.9 Å². The van der Waals surface area contributed by atoms with Crippen molar-refractivity contribution in [1.82, 2.24) is 5.32 Å². The first kappa shape index (κ1) is 35.7. The van der Waals surface area contributed by atoms with Gasteiger partial charge >= 0.3 is 18.2 Å². The maximum Gasteiger partial charge on any atom is 0.450 e. The number of fused-ring (bicyclic) bond motifs is 2. The van der Waals surface area contributed by atoms with Crippen LogP contribution in [-0.4, -0.2) is 89.6 Å². The molecule has 4 N–H and O–H groups in total. The number of alkyl carbamates (subject to hydrolysis) is 1. The molecule has 3 aromatic rings. The van der Waals surface area contributed by atoms with Gasteiger partial charge in [0.2, 0.25) is 17.5 Å². The maximum absolute atomic E-state index is 14.2. The summed E-state index contributed by atoms with van der Waals surface area (Å²) < 4.78 is 80.2. The third kappa shape index (κ3) is 8.01. The Morgan fingerprint density at radius 1 is 0.980 bits per heavy atom. The van der Waals surface area contributed by atoms with Gasteiger partial charge in [-0.2, -0.15) is 13.2 Å². The molecule has 0 bridgehead atoms. The lowest BCUT2D eigenvalue weighted by Crippen LogP contribution is -2.60. The zero-order chi connectivity index (χ0) is 35.8. The van der Waals surface area contributed by atoms with E-state index >= 15 is 0 Å². The van der Waals surface area contributed by atoms with Crippen LogP contribution in [0.4, 0.5) is 18.0 Å². The van der Waals surface area contributed by atoms with Gasteiger partial charge in [-0.15, -0.1) is 0 Å². The van der Waals surface area contributed by atoms with Crippen LogP contribution in [0, 0.1) is 0 Å². The Balaban J connectivity index is 1.35. The standard InChI is InChI=1S/C32H34F3NO13/c1-14(36-30(42)49-31(2,3)4)28(41)45-13-21-24(38)25(39)26(40)29(48-21)46-16-6-7-17-19(12-16)47-27(32(33,34)35)22(23(17)37)15-5-8-18-20(11-15)44-10-9-43-18/h5-8,11-12,14,21,24-26,29,38-40H,9-10,13H2,1-4H3,(H,36,42)/t14-,21?,24+,25?,26?,29-/m1/s1. The minimum atomic E-state index is -5.10. The average Bonchev–Trinajstić information content (AvgIpc) is 3.02. The molecule has 6 atom stereocenters. The van der Waals surface area contributed by atoms with E-state index < -0.39 is 89.5 Å². The van der Waals surface area contributed by atoms with Crippen LogP contribution in [0.15, 0.2) is 45.6 Å². The highest BCUT2D eigenvalue weighted by Gasteiger charge is 2.46. The summed E-state index contributed by atoms with van der Waals surface area (Å²) in [5.74, 6) is -2.29. The van der Waals surface area contributed by atoms with Crippen LogP contribution in [-0.2, 0) is 25.2 Å². The number of esters is 1. The van der Waals surface area contributed by atoms with Gasteiger partial charge in [0.25, 0.3) is 0 Å². The molecule has 0 radical (unpaired) electrons. The molecule has 2 aliphatic rings. The van der Waals surface area contributed by atoms with E-state index in [1.54, 1.807) is 20.8 Å². The van der Waals surface area contributed by atoms with Gasteiger partial charge in [0.15, 0.2) is 11.5 Å². The molecule has 266 valence electrons. The van der Waals surface area contributed by atoms with Crippen LogP contribution >= 0.6 is 0 Å². The van der Waals surface area contributed by atoms with Crippen molar-refractivity contribution in [2.75, 3.05) is 19.8 Å². The second kappa shape index (κ2) is 13.7. The van der Waals surface area contributed by atoms with E-state index in [2.05, 4.69) is 5.32 Å². The van der Waals surface area contributed by atoms with Crippen LogP contribution in [0.1, 0.15) is 33.5 Å². The molecule has 49 heavy (non-hydrogen) atoms. The van der Waals surface area contributed by atoms with Crippen LogP contribution in [0.5, 0.6) is 17.2 Å². The smallest absolute Gasteiger partial charge is 0.450 e.